The van der Waals surface area contributed by atoms with Crippen LogP contribution in [0.3, 0.4) is 0 Å². The molecule has 6 heteroatoms. The predicted molar refractivity (Wildman–Crippen MR) is 77.3 cm³/mol. The fourth-order valence-corrected chi connectivity index (χ4v) is 2.87. The minimum absolute atomic E-state index is 0.219. The number of carboxylic acids is 1. The van der Waals surface area contributed by atoms with Gasteiger partial charge in [0.25, 0.3) is 0 Å². The Hall–Kier alpha value is -2.11. The summed E-state index contributed by atoms with van der Waals surface area (Å²) in [6.45, 7) is 2.56. The number of carboxylic acid groups (broad SMARTS) is 1. The Morgan fingerprint density at radius 3 is 2.48 bits per heavy atom. The highest BCUT2D eigenvalue weighted by Crippen LogP contribution is 2.29. The zero-order chi connectivity index (χ0) is 14.8. The van der Waals surface area contributed by atoms with E-state index >= 15 is 0 Å². The number of piperazine rings is 1. The van der Waals surface area contributed by atoms with Gasteiger partial charge in [-0.1, -0.05) is 6.42 Å². The molecular weight excluding hydrogens is 270 g/mol. The van der Waals surface area contributed by atoms with Crippen LogP contribution >= 0.6 is 0 Å². The van der Waals surface area contributed by atoms with Gasteiger partial charge in [-0.05, 0) is 25.0 Å². The highest BCUT2D eigenvalue weighted by atomic mass is 16.4. The Labute approximate surface area is 123 Å². The topological polar surface area (TPSA) is 73.7 Å². The second-order valence-electron chi connectivity index (χ2n) is 5.62. The summed E-state index contributed by atoms with van der Waals surface area (Å²) >= 11 is 0. The van der Waals surface area contributed by atoms with Crippen molar-refractivity contribution in [2.75, 3.05) is 31.1 Å². The highest BCUT2D eigenvalue weighted by Gasteiger charge is 2.31. The maximum absolute atomic E-state index is 12.2. The van der Waals surface area contributed by atoms with Crippen LogP contribution in [-0.4, -0.2) is 53.0 Å². The van der Waals surface area contributed by atoms with Gasteiger partial charge in [0, 0.05) is 38.3 Å². The normalized spacial score (nSPS) is 19.2. The summed E-state index contributed by atoms with van der Waals surface area (Å²) in [7, 11) is 0. The molecule has 0 radical (unpaired) electrons. The second kappa shape index (κ2) is 5.71. The van der Waals surface area contributed by atoms with Crippen molar-refractivity contribution in [2.24, 2.45) is 5.92 Å². The van der Waals surface area contributed by atoms with E-state index in [1.54, 1.807) is 18.3 Å². The zero-order valence-electron chi connectivity index (χ0n) is 11.9. The standard InChI is InChI=1S/C15H19N3O3/c19-14(11-3-1-4-11)18-9-7-17(8-10-18)13-12(15(20)21)5-2-6-16-13/h2,5-6,11H,1,3-4,7-10H2,(H,20,21). The first-order valence-corrected chi connectivity index (χ1v) is 7.39. The fraction of sp³-hybridized carbons (Fsp3) is 0.533. The zero-order valence-corrected chi connectivity index (χ0v) is 11.9. The van der Waals surface area contributed by atoms with Gasteiger partial charge < -0.3 is 14.9 Å². The van der Waals surface area contributed by atoms with Gasteiger partial charge in [-0.15, -0.1) is 0 Å². The van der Waals surface area contributed by atoms with E-state index < -0.39 is 5.97 Å². The van der Waals surface area contributed by atoms with E-state index in [0.29, 0.717) is 32.0 Å². The molecule has 21 heavy (non-hydrogen) atoms. The highest BCUT2D eigenvalue weighted by molar-refractivity contribution is 5.93. The lowest BCUT2D eigenvalue weighted by atomic mass is 9.84. The average molecular weight is 289 g/mol. The molecule has 3 rings (SSSR count). The largest absolute Gasteiger partial charge is 0.478 e. The minimum atomic E-state index is -0.967. The number of hydrogen-bond acceptors (Lipinski definition) is 4. The molecule has 1 amide bonds. The maximum Gasteiger partial charge on any atom is 0.339 e. The molecule has 0 unspecified atom stereocenters. The number of rotatable bonds is 3. The molecule has 1 aromatic rings. The molecule has 1 aliphatic carbocycles. The van der Waals surface area contributed by atoms with E-state index in [0.717, 1.165) is 19.3 Å². The lowest BCUT2D eigenvalue weighted by Crippen LogP contribution is -2.51. The first kappa shape index (κ1) is 13.9. The quantitative estimate of drug-likeness (QED) is 0.906. The van der Waals surface area contributed by atoms with Crippen molar-refractivity contribution in [1.82, 2.24) is 9.88 Å². The van der Waals surface area contributed by atoms with Crippen LogP contribution in [0.25, 0.3) is 0 Å². The van der Waals surface area contributed by atoms with Crippen LogP contribution in [0, 0.1) is 5.92 Å². The van der Waals surface area contributed by atoms with Crippen molar-refractivity contribution in [3.8, 4) is 0 Å². The molecule has 1 saturated carbocycles. The molecule has 1 N–H and O–H groups in total. The van der Waals surface area contributed by atoms with Crippen LogP contribution in [0.15, 0.2) is 18.3 Å². The third-order valence-electron chi connectivity index (χ3n) is 4.36. The molecule has 1 aliphatic heterocycles. The molecular formula is C15H19N3O3. The van der Waals surface area contributed by atoms with E-state index in [9.17, 15) is 14.7 Å². The Kier molecular flexibility index (Phi) is 3.77. The third kappa shape index (κ3) is 2.70. The van der Waals surface area contributed by atoms with E-state index in [1.807, 2.05) is 9.80 Å². The fourth-order valence-electron chi connectivity index (χ4n) is 2.87. The van der Waals surface area contributed by atoms with E-state index in [4.69, 9.17) is 0 Å². The van der Waals surface area contributed by atoms with Gasteiger partial charge >= 0.3 is 5.97 Å². The van der Waals surface area contributed by atoms with Crippen molar-refractivity contribution < 1.29 is 14.7 Å². The molecule has 2 aliphatic rings. The lowest BCUT2D eigenvalue weighted by Gasteiger charge is -2.38. The van der Waals surface area contributed by atoms with Gasteiger partial charge in [0.05, 0.1) is 0 Å². The van der Waals surface area contributed by atoms with Crippen molar-refractivity contribution in [3.05, 3.63) is 23.9 Å². The number of aromatic nitrogens is 1. The van der Waals surface area contributed by atoms with E-state index in [-0.39, 0.29) is 17.4 Å². The van der Waals surface area contributed by atoms with Crippen LogP contribution in [-0.2, 0) is 4.79 Å². The molecule has 0 aromatic carbocycles. The SMILES string of the molecule is O=C(O)c1cccnc1N1CCN(C(=O)C2CCC2)CC1. The van der Waals surface area contributed by atoms with Gasteiger partial charge in [0.1, 0.15) is 11.4 Å². The summed E-state index contributed by atoms with van der Waals surface area (Å²) in [5.41, 5.74) is 0.219. The Morgan fingerprint density at radius 2 is 1.90 bits per heavy atom. The predicted octanol–water partition coefficient (Wildman–Crippen LogP) is 1.23. The number of carbonyl (C=O) groups is 2. The number of hydrogen-bond donors (Lipinski definition) is 1. The van der Waals surface area contributed by atoms with Crippen molar-refractivity contribution >= 4 is 17.7 Å². The number of anilines is 1. The van der Waals surface area contributed by atoms with Crippen molar-refractivity contribution in [2.45, 2.75) is 19.3 Å². The summed E-state index contributed by atoms with van der Waals surface area (Å²) < 4.78 is 0. The number of aromatic carboxylic acids is 1. The molecule has 2 fully saturated rings. The van der Waals surface area contributed by atoms with Crippen LogP contribution in [0.1, 0.15) is 29.6 Å². The summed E-state index contributed by atoms with van der Waals surface area (Å²) in [4.78, 5) is 31.5. The molecule has 1 saturated heterocycles. The average Bonchev–Trinajstić information content (AvgIpc) is 2.45. The van der Waals surface area contributed by atoms with Gasteiger partial charge in [-0.2, -0.15) is 0 Å². The summed E-state index contributed by atoms with van der Waals surface area (Å²) in [6, 6.07) is 3.19. The van der Waals surface area contributed by atoms with Gasteiger partial charge in [0.2, 0.25) is 5.91 Å². The third-order valence-corrected chi connectivity index (χ3v) is 4.36. The number of carbonyl (C=O) groups excluding carboxylic acids is 1. The molecule has 0 atom stereocenters. The first-order chi connectivity index (χ1) is 10.2. The molecule has 6 nitrogen and oxygen atoms in total. The Bertz CT molecular complexity index is 549. The van der Waals surface area contributed by atoms with Crippen LogP contribution < -0.4 is 4.90 Å². The van der Waals surface area contributed by atoms with E-state index in [1.165, 1.54) is 0 Å². The first-order valence-electron chi connectivity index (χ1n) is 7.39. The van der Waals surface area contributed by atoms with Gasteiger partial charge in [-0.25, -0.2) is 9.78 Å². The Morgan fingerprint density at radius 1 is 1.19 bits per heavy atom. The van der Waals surface area contributed by atoms with Gasteiger partial charge in [0.15, 0.2) is 0 Å². The van der Waals surface area contributed by atoms with E-state index in [2.05, 4.69) is 4.98 Å². The minimum Gasteiger partial charge on any atom is -0.478 e. The monoisotopic (exact) mass is 289 g/mol. The number of amides is 1. The van der Waals surface area contributed by atoms with Crippen molar-refractivity contribution in [3.63, 3.8) is 0 Å². The van der Waals surface area contributed by atoms with Crippen molar-refractivity contribution in [1.29, 1.82) is 0 Å². The summed E-state index contributed by atoms with van der Waals surface area (Å²) in [5, 5.41) is 9.22. The van der Waals surface area contributed by atoms with Crippen LogP contribution in [0.2, 0.25) is 0 Å². The summed E-state index contributed by atoms with van der Waals surface area (Å²) in [5.74, 6) is 0.0215. The second-order valence-corrected chi connectivity index (χ2v) is 5.62. The summed E-state index contributed by atoms with van der Waals surface area (Å²) in [6.07, 6.45) is 4.80. The van der Waals surface area contributed by atoms with Gasteiger partial charge in [-0.3, -0.25) is 4.79 Å². The maximum atomic E-state index is 12.2. The lowest BCUT2D eigenvalue weighted by molar-refractivity contribution is -0.138. The molecule has 0 bridgehead atoms. The molecule has 2 heterocycles. The number of pyridine rings is 1. The smallest absolute Gasteiger partial charge is 0.339 e. The Balaban J connectivity index is 1.66. The van der Waals surface area contributed by atoms with Crippen LogP contribution in [0.5, 0.6) is 0 Å². The number of nitrogens with zero attached hydrogens (tertiary/aromatic N) is 3. The molecule has 0 spiro atoms. The molecule has 1 aromatic heterocycles. The van der Waals surface area contributed by atoms with Crippen LogP contribution in [0.4, 0.5) is 5.82 Å². The molecule has 112 valence electrons.